The average Bonchev–Trinajstić information content (AvgIpc) is 2.34. The van der Waals surface area contributed by atoms with E-state index in [2.05, 4.69) is 23.2 Å². The summed E-state index contributed by atoms with van der Waals surface area (Å²) in [6, 6.07) is 6.53. The minimum atomic E-state index is 0. The van der Waals surface area contributed by atoms with Gasteiger partial charge in [-0.1, -0.05) is 23.7 Å². The lowest BCUT2D eigenvalue weighted by Crippen LogP contribution is -2.48. The summed E-state index contributed by atoms with van der Waals surface area (Å²) in [5.41, 5.74) is 1.18. The summed E-state index contributed by atoms with van der Waals surface area (Å²) >= 11 is 6.20. The number of rotatable bonds is 4. The molecule has 0 saturated carbocycles. The monoisotopic (exact) mass is 304 g/mol. The second-order valence-corrected chi connectivity index (χ2v) is 5.16. The number of nitrogens with zero attached hydrogens (tertiary/aromatic N) is 1. The van der Waals surface area contributed by atoms with E-state index in [0.717, 1.165) is 31.9 Å². The van der Waals surface area contributed by atoms with Gasteiger partial charge in [0.25, 0.3) is 0 Å². The summed E-state index contributed by atoms with van der Waals surface area (Å²) in [5.74, 6) is 0.841. The molecule has 0 amide bonds. The summed E-state index contributed by atoms with van der Waals surface area (Å²) < 4.78 is 5.66. The fraction of sp³-hybridized carbons (Fsp3) is 0.571. The van der Waals surface area contributed by atoms with E-state index in [-0.39, 0.29) is 12.4 Å². The van der Waals surface area contributed by atoms with Crippen LogP contribution in [0.5, 0.6) is 5.75 Å². The summed E-state index contributed by atoms with van der Waals surface area (Å²) in [6.07, 6.45) is 0. The Hall–Kier alpha value is -0.480. The number of piperazine rings is 1. The summed E-state index contributed by atoms with van der Waals surface area (Å²) in [5, 5.41) is 4.16. The third-order valence-corrected chi connectivity index (χ3v) is 3.48. The Kier molecular flexibility index (Phi) is 6.94. The van der Waals surface area contributed by atoms with Crippen molar-refractivity contribution >= 4 is 24.0 Å². The summed E-state index contributed by atoms with van der Waals surface area (Å²) in [6.45, 7) is 8.94. The largest absolute Gasteiger partial charge is 0.492 e. The lowest BCUT2D eigenvalue weighted by Gasteiger charge is -2.32. The first-order valence-electron chi connectivity index (χ1n) is 6.56. The highest BCUT2D eigenvalue weighted by atomic mass is 35.5. The zero-order chi connectivity index (χ0) is 13.0. The van der Waals surface area contributed by atoms with Crippen LogP contribution in [0.1, 0.15) is 19.4 Å². The van der Waals surface area contributed by atoms with Crippen molar-refractivity contribution in [2.24, 2.45) is 0 Å². The zero-order valence-corrected chi connectivity index (χ0v) is 13.1. The molecule has 1 aromatic rings. The van der Waals surface area contributed by atoms with Crippen LogP contribution in [0, 0.1) is 0 Å². The standard InChI is InChI=1S/C14H21ClN2O.ClH/c1-3-18-14-12(5-4-6-13(14)15)10-17-8-7-16-11(2)9-17;/h4-6,11,16H,3,7-10H2,1-2H3;1H. The van der Waals surface area contributed by atoms with Crippen molar-refractivity contribution in [1.29, 1.82) is 0 Å². The van der Waals surface area contributed by atoms with E-state index < -0.39 is 0 Å². The minimum absolute atomic E-state index is 0. The highest BCUT2D eigenvalue weighted by Crippen LogP contribution is 2.29. The number of ether oxygens (including phenoxy) is 1. The summed E-state index contributed by atoms with van der Waals surface area (Å²) in [7, 11) is 0. The van der Waals surface area contributed by atoms with Gasteiger partial charge in [0.2, 0.25) is 0 Å². The van der Waals surface area contributed by atoms with Crippen LogP contribution in [0.4, 0.5) is 0 Å². The number of hydrogen-bond donors (Lipinski definition) is 1. The van der Waals surface area contributed by atoms with E-state index in [0.29, 0.717) is 17.7 Å². The SMILES string of the molecule is CCOc1c(Cl)cccc1CN1CCNC(C)C1.Cl. The molecule has 1 saturated heterocycles. The van der Waals surface area contributed by atoms with Gasteiger partial charge in [-0.2, -0.15) is 0 Å². The Morgan fingerprint density at radius 2 is 2.26 bits per heavy atom. The lowest BCUT2D eigenvalue weighted by molar-refractivity contribution is 0.196. The molecular weight excluding hydrogens is 283 g/mol. The van der Waals surface area contributed by atoms with Gasteiger partial charge in [0.05, 0.1) is 11.6 Å². The van der Waals surface area contributed by atoms with Gasteiger partial charge in [0, 0.05) is 37.8 Å². The van der Waals surface area contributed by atoms with Crippen LogP contribution in [-0.2, 0) is 6.54 Å². The van der Waals surface area contributed by atoms with Gasteiger partial charge >= 0.3 is 0 Å². The topological polar surface area (TPSA) is 24.5 Å². The Morgan fingerprint density at radius 1 is 1.47 bits per heavy atom. The first kappa shape index (κ1) is 16.6. The second-order valence-electron chi connectivity index (χ2n) is 4.75. The molecule has 1 aromatic carbocycles. The Balaban J connectivity index is 0.00000180. The molecule has 0 bridgehead atoms. The van der Waals surface area contributed by atoms with Gasteiger partial charge in [-0.05, 0) is 19.9 Å². The van der Waals surface area contributed by atoms with Gasteiger partial charge < -0.3 is 10.1 Å². The molecule has 3 nitrogen and oxygen atoms in total. The predicted molar refractivity (Wildman–Crippen MR) is 82.6 cm³/mol. The van der Waals surface area contributed by atoms with Crippen molar-refractivity contribution in [2.75, 3.05) is 26.2 Å². The minimum Gasteiger partial charge on any atom is -0.492 e. The average molecular weight is 305 g/mol. The highest BCUT2D eigenvalue weighted by Gasteiger charge is 2.17. The van der Waals surface area contributed by atoms with Gasteiger partial charge in [-0.15, -0.1) is 12.4 Å². The predicted octanol–water partition coefficient (Wildman–Crippen LogP) is 2.95. The molecule has 1 aliphatic rings. The molecule has 1 unspecified atom stereocenters. The molecular formula is C14H22Cl2N2O. The zero-order valence-electron chi connectivity index (χ0n) is 11.5. The highest BCUT2D eigenvalue weighted by molar-refractivity contribution is 6.32. The van der Waals surface area contributed by atoms with Crippen LogP contribution in [0.25, 0.3) is 0 Å². The lowest BCUT2D eigenvalue weighted by atomic mass is 10.1. The smallest absolute Gasteiger partial charge is 0.142 e. The van der Waals surface area contributed by atoms with Gasteiger partial charge in [-0.25, -0.2) is 0 Å². The van der Waals surface area contributed by atoms with Crippen LogP contribution in [0.15, 0.2) is 18.2 Å². The van der Waals surface area contributed by atoms with Gasteiger partial charge in [0.15, 0.2) is 0 Å². The van der Waals surface area contributed by atoms with Crippen LogP contribution >= 0.6 is 24.0 Å². The molecule has 0 spiro atoms. The van der Waals surface area contributed by atoms with Crippen LogP contribution in [0.2, 0.25) is 5.02 Å². The number of benzene rings is 1. The molecule has 108 valence electrons. The van der Waals surface area contributed by atoms with E-state index in [1.807, 2.05) is 19.1 Å². The molecule has 1 fully saturated rings. The Labute approximate surface area is 126 Å². The molecule has 0 aromatic heterocycles. The van der Waals surface area contributed by atoms with Crippen molar-refractivity contribution in [3.63, 3.8) is 0 Å². The van der Waals surface area contributed by atoms with E-state index in [1.165, 1.54) is 5.56 Å². The molecule has 1 N–H and O–H groups in total. The molecule has 1 atom stereocenters. The molecule has 1 aliphatic heterocycles. The maximum Gasteiger partial charge on any atom is 0.142 e. The Bertz CT molecular complexity index is 401. The van der Waals surface area contributed by atoms with Crippen molar-refractivity contribution in [2.45, 2.75) is 26.4 Å². The summed E-state index contributed by atoms with van der Waals surface area (Å²) in [4.78, 5) is 2.44. The fourth-order valence-electron chi connectivity index (χ4n) is 2.38. The third kappa shape index (κ3) is 4.53. The molecule has 1 heterocycles. The van der Waals surface area contributed by atoms with Gasteiger partial charge in [-0.3, -0.25) is 4.90 Å². The molecule has 0 aliphatic carbocycles. The Morgan fingerprint density at radius 3 is 2.95 bits per heavy atom. The molecule has 5 heteroatoms. The van der Waals surface area contributed by atoms with Gasteiger partial charge in [0.1, 0.15) is 5.75 Å². The first-order valence-corrected chi connectivity index (χ1v) is 6.94. The van der Waals surface area contributed by atoms with E-state index >= 15 is 0 Å². The normalized spacial score (nSPS) is 19.8. The number of para-hydroxylation sites is 1. The van der Waals surface area contributed by atoms with E-state index in [9.17, 15) is 0 Å². The fourth-order valence-corrected chi connectivity index (χ4v) is 2.63. The van der Waals surface area contributed by atoms with E-state index in [1.54, 1.807) is 0 Å². The molecule has 19 heavy (non-hydrogen) atoms. The molecule has 0 radical (unpaired) electrons. The second kappa shape index (κ2) is 7.95. The maximum absolute atomic E-state index is 6.20. The number of nitrogens with one attached hydrogen (secondary N) is 1. The van der Waals surface area contributed by atoms with Crippen molar-refractivity contribution in [3.8, 4) is 5.75 Å². The third-order valence-electron chi connectivity index (χ3n) is 3.18. The number of hydrogen-bond acceptors (Lipinski definition) is 3. The van der Waals surface area contributed by atoms with Crippen molar-refractivity contribution in [1.82, 2.24) is 10.2 Å². The van der Waals surface area contributed by atoms with Crippen LogP contribution in [-0.4, -0.2) is 37.2 Å². The van der Waals surface area contributed by atoms with E-state index in [4.69, 9.17) is 16.3 Å². The molecule has 2 rings (SSSR count). The van der Waals surface area contributed by atoms with Crippen LogP contribution in [0.3, 0.4) is 0 Å². The van der Waals surface area contributed by atoms with Crippen molar-refractivity contribution in [3.05, 3.63) is 28.8 Å². The first-order chi connectivity index (χ1) is 8.70. The number of halogens is 2. The quantitative estimate of drug-likeness (QED) is 0.925. The maximum atomic E-state index is 6.20. The van der Waals surface area contributed by atoms with Crippen molar-refractivity contribution < 1.29 is 4.74 Å². The van der Waals surface area contributed by atoms with Crippen LogP contribution < -0.4 is 10.1 Å².